The van der Waals surface area contributed by atoms with Crippen LogP contribution in [0.5, 0.6) is 0 Å². The van der Waals surface area contributed by atoms with Crippen molar-refractivity contribution in [2.45, 2.75) is 58.4 Å². The number of fused-ring (bicyclic) bond motifs is 1. The summed E-state index contributed by atoms with van der Waals surface area (Å²) >= 11 is 0. The summed E-state index contributed by atoms with van der Waals surface area (Å²) in [6.45, 7) is 4.34. The van der Waals surface area contributed by atoms with Crippen LogP contribution >= 0.6 is 0 Å². The summed E-state index contributed by atoms with van der Waals surface area (Å²) in [6, 6.07) is 8.65. The average Bonchev–Trinajstić information content (AvgIpc) is 2.50. The zero-order chi connectivity index (χ0) is 14.7. The zero-order valence-corrected chi connectivity index (χ0v) is 13.1. The minimum Gasteiger partial charge on any atom is -0.366 e. The van der Waals surface area contributed by atoms with Gasteiger partial charge in [0.25, 0.3) is 0 Å². The van der Waals surface area contributed by atoms with Crippen molar-refractivity contribution in [3.8, 4) is 0 Å². The molecular formula is C18H25N3. The summed E-state index contributed by atoms with van der Waals surface area (Å²) in [5, 5.41) is 3.63. The lowest BCUT2D eigenvalue weighted by Gasteiger charge is -2.29. The van der Waals surface area contributed by atoms with Crippen molar-refractivity contribution < 1.29 is 0 Å². The number of hydrogen-bond acceptors (Lipinski definition) is 3. The fraction of sp³-hybridized carbons (Fsp3) is 0.556. The van der Waals surface area contributed by atoms with Gasteiger partial charge in [-0.2, -0.15) is 0 Å². The summed E-state index contributed by atoms with van der Waals surface area (Å²) in [5.74, 6) is 1.91. The van der Waals surface area contributed by atoms with E-state index in [2.05, 4.69) is 17.2 Å². The standard InChI is InChI=1S/C18H25N3/c1-3-6-14-9-11-15(12-10-14)20-18-13(2)19-16-7-4-5-8-17(16)21-18/h4-5,7-8,14-15H,3,6,9-12H2,1-2H3,(H,20,21). The van der Waals surface area contributed by atoms with Crippen molar-refractivity contribution in [1.29, 1.82) is 0 Å². The van der Waals surface area contributed by atoms with Crippen molar-refractivity contribution in [2.75, 3.05) is 5.32 Å². The Balaban J connectivity index is 1.69. The van der Waals surface area contributed by atoms with Crippen LogP contribution in [-0.2, 0) is 0 Å². The van der Waals surface area contributed by atoms with E-state index >= 15 is 0 Å². The number of rotatable bonds is 4. The Kier molecular flexibility index (Phi) is 4.37. The highest BCUT2D eigenvalue weighted by Gasteiger charge is 2.21. The highest BCUT2D eigenvalue weighted by atomic mass is 15.0. The van der Waals surface area contributed by atoms with Gasteiger partial charge in [-0.15, -0.1) is 0 Å². The molecule has 0 radical (unpaired) electrons. The van der Waals surface area contributed by atoms with Crippen LogP contribution in [0.2, 0.25) is 0 Å². The van der Waals surface area contributed by atoms with Gasteiger partial charge in [-0.1, -0.05) is 31.9 Å². The van der Waals surface area contributed by atoms with Crippen LogP contribution in [0.1, 0.15) is 51.1 Å². The maximum Gasteiger partial charge on any atom is 0.148 e. The highest BCUT2D eigenvalue weighted by Crippen LogP contribution is 2.29. The maximum atomic E-state index is 4.75. The van der Waals surface area contributed by atoms with Gasteiger partial charge in [0.05, 0.1) is 16.7 Å². The molecule has 0 bridgehead atoms. The molecule has 1 saturated carbocycles. The average molecular weight is 283 g/mol. The second kappa shape index (κ2) is 6.42. The Labute approximate surface area is 127 Å². The van der Waals surface area contributed by atoms with Gasteiger partial charge in [-0.25, -0.2) is 9.97 Å². The fourth-order valence-corrected chi connectivity index (χ4v) is 3.42. The molecule has 1 heterocycles. The SMILES string of the molecule is CCCC1CCC(Nc2nc3ccccc3nc2C)CC1. The number of aromatic nitrogens is 2. The third-order valence-corrected chi connectivity index (χ3v) is 4.63. The van der Waals surface area contributed by atoms with Gasteiger partial charge in [0.1, 0.15) is 5.82 Å². The molecule has 3 nitrogen and oxygen atoms in total. The summed E-state index contributed by atoms with van der Waals surface area (Å²) in [6.07, 6.45) is 7.94. The van der Waals surface area contributed by atoms with Gasteiger partial charge in [-0.05, 0) is 50.7 Å². The summed E-state index contributed by atoms with van der Waals surface area (Å²) in [7, 11) is 0. The van der Waals surface area contributed by atoms with E-state index in [4.69, 9.17) is 4.98 Å². The Morgan fingerprint density at radius 2 is 1.71 bits per heavy atom. The third-order valence-electron chi connectivity index (χ3n) is 4.63. The number of aryl methyl sites for hydroxylation is 1. The number of benzene rings is 1. The Hall–Kier alpha value is -1.64. The van der Waals surface area contributed by atoms with Crippen LogP contribution in [0.25, 0.3) is 11.0 Å². The van der Waals surface area contributed by atoms with E-state index in [0.717, 1.165) is 28.5 Å². The molecule has 0 atom stereocenters. The van der Waals surface area contributed by atoms with E-state index in [1.54, 1.807) is 0 Å². The normalized spacial score (nSPS) is 22.4. The van der Waals surface area contributed by atoms with Gasteiger partial charge in [0.15, 0.2) is 0 Å². The molecule has 1 fully saturated rings. The number of nitrogens with zero attached hydrogens (tertiary/aromatic N) is 2. The van der Waals surface area contributed by atoms with Gasteiger partial charge in [0, 0.05) is 6.04 Å². The number of para-hydroxylation sites is 2. The number of anilines is 1. The van der Waals surface area contributed by atoms with Crippen LogP contribution in [-0.4, -0.2) is 16.0 Å². The van der Waals surface area contributed by atoms with Crippen LogP contribution in [0.15, 0.2) is 24.3 Å². The predicted molar refractivity (Wildman–Crippen MR) is 88.6 cm³/mol. The van der Waals surface area contributed by atoms with Crippen molar-refractivity contribution in [3.05, 3.63) is 30.0 Å². The molecular weight excluding hydrogens is 258 g/mol. The summed E-state index contributed by atoms with van der Waals surface area (Å²) < 4.78 is 0. The molecule has 0 amide bonds. The van der Waals surface area contributed by atoms with E-state index in [1.165, 1.54) is 38.5 Å². The van der Waals surface area contributed by atoms with Crippen LogP contribution < -0.4 is 5.32 Å². The van der Waals surface area contributed by atoms with E-state index < -0.39 is 0 Å². The second-order valence-corrected chi connectivity index (χ2v) is 6.30. The molecule has 1 aliphatic carbocycles. The first kappa shape index (κ1) is 14.3. The van der Waals surface area contributed by atoms with Crippen molar-refractivity contribution in [3.63, 3.8) is 0 Å². The minimum absolute atomic E-state index is 0.562. The van der Waals surface area contributed by atoms with Crippen molar-refractivity contribution in [1.82, 2.24) is 9.97 Å². The highest BCUT2D eigenvalue weighted by molar-refractivity contribution is 5.76. The topological polar surface area (TPSA) is 37.8 Å². The lowest BCUT2D eigenvalue weighted by atomic mass is 9.83. The quantitative estimate of drug-likeness (QED) is 0.883. The molecule has 1 aromatic heterocycles. The van der Waals surface area contributed by atoms with E-state index in [0.29, 0.717) is 6.04 Å². The molecule has 21 heavy (non-hydrogen) atoms. The van der Waals surface area contributed by atoms with E-state index in [1.807, 2.05) is 31.2 Å². The van der Waals surface area contributed by atoms with Gasteiger partial charge >= 0.3 is 0 Å². The largest absolute Gasteiger partial charge is 0.366 e. The Morgan fingerprint density at radius 3 is 2.38 bits per heavy atom. The lowest BCUT2D eigenvalue weighted by molar-refractivity contribution is 0.318. The van der Waals surface area contributed by atoms with Crippen LogP contribution in [0.3, 0.4) is 0 Å². The molecule has 2 aromatic rings. The third kappa shape index (κ3) is 3.34. The second-order valence-electron chi connectivity index (χ2n) is 6.30. The number of hydrogen-bond donors (Lipinski definition) is 1. The fourth-order valence-electron chi connectivity index (χ4n) is 3.42. The molecule has 0 saturated heterocycles. The van der Waals surface area contributed by atoms with Crippen molar-refractivity contribution >= 4 is 16.9 Å². The van der Waals surface area contributed by atoms with E-state index in [9.17, 15) is 0 Å². The lowest BCUT2D eigenvalue weighted by Crippen LogP contribution is -2.27. The molecule has 0 aliphatic heterocycles. The van der Waals surface area contributed by atoms with Gasteiger partial charge in [0.2, 0.25) is 0 Å². The minimum atomic E-state index is 0.562. The molecule has 1 N–H and O–H groups in total. The summed E-state index contributed by atoms with van der Waals surface area (Å²) in [4.78, 5) is 9.41. The van der Waals surface area contributed by atoms with E-state index in [-0.39, 0.29) is 0 Å². The zero-order valence-electron chi connectivity index (χ0n) is 13.1. The Bertz CT molecular complexity index is 600. The van der Waals surface area contributed by atoms with Crippen LogP contribution in [0.4, 0.5) is 5.82 Å². The first-order valence-corrected chi connectivity index (χ1v) is 8.26. The van der Waals surface area contributed by atoms with Gasteiger partial charge in [-0.3, -0.25) is 0 Å². The molecule has 0 spiro atoms. The van der Waals surface area contributed by atoms with Crippen molar-refractivity contribution in [2.24, 2.45) is 5.92 Å². The molecule has 1 aliphatic rings. The smallest absolute Gasteiger partial charge is 0.148 e. The molecule has 1 aromatic carbocycles. The summed E-state index contributed by atoms with van der Waals surface area (Å²) in [5.41, 5.74) is 2.96. The predicted octanol–water partition coefficient (Wildman–Crippen LogP) is 4.71. The monoisotopic (exact) mass is 283 g/mol. The number of nitrogens with one attached hydrogen (secondary N) is 1. The Morgan fingerprint density at radius 1 is 1.05 bits per heavy atom. The molecule has 3 heteroatoms. The first-order chi connectivity index (χ1) is 10.3. The van der Waals surface area contributed by atoms with Crippen LogP contribution in [0, 0.1) is 12.8 Å². The first-order valence-electron chi connectivity index (χ1n) is 8.26. The van der Waals surface area contributed by atoms with Gasteiger partial charge < -0.3 is 5.32 Å². The molecule has 3 rings (SSSR count). The molecule has 0 unspecified atom stereocenters. The maximum absolute atomic E-state index is 4.75. The molecule has 112 valence electrons.